The van der Waals surface area contributed by atoms with Gasteiger partial charge in [-0.2, -0.15) is 0 Å². The lowest BCUT2D eigenvalue weighted by molar-refractivity contribution is -0.127. The number of benzene rings is 1. The number of nitrogens with one attached hydrogen (secondary N) is 1. The molecule has 40 heavy (non-hydrogen) atoms. The van der Waals surface area contributed by atoms with Crippen molar-refractivity contribution in [3.63, 3.8) is 0 Å². The van der Waals surface area contributed by atoms with Crippen LogP contribution in [0.25, 0.3) is 11.1 Å². The van der Waals surface area contributed by atoms with Crippen LogP contribution in [0.15, 0.2) is 37.1 Å². The number of ether oxygens (including phenoxy) is 2. The van der Waals surface area contributed by atoms with Gasteiger partial charge >= 0.3 is 0 Å². The maximum absolute atomic E-state index is 12.0. The molecule has 0 unspecified atom stereocenters. The second-order valence-corrected chi connectivity index (χ2v) is 11.1. The number of pyridine rings is 1. The number of piperidine rings is 1. The van der Waals surface area contributed by atoms with Gasteiger partial charge in [-0.05, 0) is 93.3 Å². The van der Waals surface area contributed by atoms with Gasteiger partial charge in [-0.1, -0.05) is 6.58 Å². The molecule has 8 heteroatoms. The fraction of sp³-hybridized carbons (Fsp3) is 0.438. The number of hydrogen-bond donors (Lipinski definition) is 1. The van der Waals surface area contributed by atoms with E-state index < -0.39 is 0 Å². The molecule has 8 nitrogen and oxygen atoms in total. The van der Waals surface area contributed by atoms with Crippen molar-refractivity contribution in [3.05, 3.63) is 71.0 Å². The summed E-state index contributed by atoms with van der Waals surface area (Å²) in [6.45, 7) is 13.3. The minimum Gasteiger partial charge on any atom is -0.486 e. The van der Waals surface area contributed by atoms with Gasteiger partial charge in [0.1, 0.15) is 24.0 Å². The molecule has 2 fully saturated rings. The minimum atomic E-state index is -0.00382. The summed E-state index contributed by atoms with van der Waals surface area (Å²) in [6, 6.07) is 6.44. The van der Waals surface area contributed by atoms with Gasteiger partial charge in [0.2, 0.25) is 5.91 Å². The van der Waals surface area contributed by atoms with Crippen LogP contribution in [0.4, 0.5) is 11.5 Å². The number of anilines is 2. The van der Waals surface area contributed by atoms with Gasteiger partial charge in [-0.25, -0.2) is 15.0 Å². The summed E-state index contributed by atoms with van der Waals surface area (Å²) in [6.07, 6.45) is 7.05. The van der Waals surface area contributed by atoms with Crippen LogP contribution in [0, 0.1) is 20.8 Å². The molecule has 3 aromatic rings. The number of carbonyl (C=O) groups is 1. The maximum Gasteiger partial charge on any atom is 0.245 e. The van der Waals surface area contributed by atoms with Crippen molar-refractivity contribution in [3.8, 4) is 16.9 Å². The molecule has 2 saturated heterocycles. The van der Waals surface area contributed by atoms with Crippen LogP contribution in [0.5, 0.6) is 5.75 Å². The largest absolute Gasteiger partial charge is 0.486 e. The van der Waals surface area contributed by atoms with Crippen LogP contribution in [0.1, 0.15) is 71.4 Å². The van der Waals surface area contributed by atoms with E-state index in [-0.39, 0.29) is 11.8 Å². The molecule has 1 N–H and O–H groups in total. The summed E-state index contributed by atoms with van der Waals surface area (Å²) in [5, 5.41) is 3.61. The van der Waals surface area contributed by atoms with Crippen molar-refractivity contribution >= 4 is 17.4 Å². The Balaban J connectivity index is 1.29. The Morgan fingerprint density at radius 2 is 1.77 bits per heavy atom. The quantitative estimate of drug-likeness (QED) is 0.414. The molecule has 1 aromatic carbocycles. The average Bonchev–Trinajstić information content (AvgIpc) is 3.16. The monoisotopic (exact) mass is 539 g/mol. The topological polar surface area (TPSA) is 89.5 Å². The van der Waals surface area contributed by atoms with Gasteiger partial charge in [-0.15, -0.1) is 0 Å². The van der Waals surface area contributed by atoms with Crippen LogP contribution in [-0.2, 0) is 16.1 Å². The second kappa shape index (κ2) is 11.0. The first-order chi connectivity index (χ1) is 19.4. The van der Waals surface area contributed by atoms with E-state index >= 15 is 0 Å². The summed E-state index contributed by atoms with van der Waals surface area (Å²) >= 11 is 0. The van der Waals surface area contributed by atoms with Gasteiger partial charge in [0.25, 0.3) is 0 Å². The van der Waals surface area contributed by atoms with Crippen LogP contribution in [0.2, 0.25) is 0 Å². The number of amides is 1. The van der Waals surface area contributed by atoms with Crippen LogP contribution < -0.4 is 10.1 Å². The molecule has 3 aliphatic heterocycles. The molecular weight excluding hydrogens is 502 g/mol. The van der Waals surface area contributed by atoms with Crippen LogP contribution in [0.3, 0.4) is 0 Å². The fourth-order valence-electron chi connectivity index (χ4n) is 6.46. The first kappa shape index (κ1) is 26.4. The molecule has 0 saturated carbocycles. The van der Waals surface area contributed by atoms with Crippen molar-refractivity contribution in [1.82, 2.24) is 19.9 Å². The lowest BCUT2D eigenvalue weighted by atomic mass is 9.89. The van der Waals surface area contributed by atoms with Crippen LogP contribution >= 0.6 is 0 Å². The zero-order valence-electron chi connectivity index (χ0n) is 23.6. The third-order valence-electron chi connectivity index (χ3n) is 8.56. The Kier molecular flexibility index (Phi) is 7.27. The van der Waals surface area contributed by atoms with Crippen molar-refractivity contribution in [2.24, 2.45) is 0 Å². The Hall–Kier alpha value is -3.78. The number of rotatable bonds is 4. The first-order valence-corrected chi connectivity index (χ1v) is 14.3. The number of carbonyl (C=O) groups excluding carboxylic acids is 1. The number of hydrogen-bond acceptors (Lipinski definition) is 7. The van der Waals surface area contributed by atoms with Gasteiger partial charge in [0, 0.05) is 60.9 Å². The Bertz CT molecular complexity index is 1430. The predicted molar refractivity (Wildman–Crippen MR) is 155 cm³/mol. The molecule has 0 radical (unpaired) electrons. The predicted octanol–water partition coefficient (Wildman–Crippen LogP) is 5.89. The third-order valence-corrected chi connectivity index (χ3v) is 8.56. The highest BCUT2D eigenvalue weighted by atomic mass is 16.5. The van der Waals surface area contributed by atoms with Gasteiger partial charge < -0.3 is 19.7 Å². The fourth-order valence-corrected chi connectivity index (χ4v) is 6.46. The standard InChI is InChI=1S/C32H37N5O3/c1-5-28(38)37-12-7-23(8-13-37)31-34-20(3)29(21(4)35-31)24-16-19(2)30-27(17-24)36-32-26(18-40-30)25(6-11-33-32)22-9-14-39-15-10-22/h5-6,11,16-17,22-23H,1,7-10,12-15,18H2,2-4H3,(H,33,36). The number of fused-ring (bicyclic) bond motifs is 2. The SMILES string of the molecule is C=CC(=O)N1CCC(c2nc(C)c(-c3cc(C)c4c(c3)Nc3nccc(C5CCOCC5)c3CO4)c(C)n2)CC1. The lowest BCUT2D eigenvalue weighted by Gasteiger charge is -2.31. The third kappa shape index (κ3) is 4.96. The second-order valence-electron chi connectivity index (χ2n) is 11.1. The summed E-state index contributed by atoms with van der Waals surface area (Å²) < 4.78 is 12.0. The van der Waals surface area contributed by atoms with E-state index in [4.69, 9.17) is 24.4 Å². The Labute approximate surface area is 235 Å². The Morgan fingerprint density at radius 1 is 1.05 bits per heavy atom. The average molecular weight is 540 g/mol. The van der Waals surface area contributed by atoms with Crippen molar-refractivity contribution in [2.45, 2.75) is 64.9 Å². The zero-order chi connectivity index (χ0) is 27.8. The Morgan fingerprint density at radius 3 is 2.48 bits per heavy atom. The molecule has 2 aromatic heterocycles. The summed E-state index contributed by atoms with van der Waals surface area (Å²) in [4.78, 5) is 28.5. The van der Waals surface area contributed by atoms with Crippen molar-refractivity contribution in [1.29, 1.82) is 0 Å². The van der Waals surface area contributed by atoms with Crippen LogP contribution in [-0.4, -0.2) is 52.1 Å². The highest BCUT2D eigenvalue weighted by Gasteiger charge is 2.27. The smallest absolute Gasteiger partial charge is 0.245 e. The molecule has 208 valence electrons. The summed E-state index contributed by atoms with van der Waals surface area (Å²) in [5.74, 6) is 3.29. The summed E-state index contributed by atoms with van der Waals surface area (Å²) in [7, 11) is 0. The van der Waals surface area contributed by atoms with Gasteiger partial charge in [-0.3, -0.25) is 4.79 Å². The molecular formula is C32H37N5O3. The highest BCUT2D eigenvalue weighted by molar-refractivity contribution is 5.87. The van der Waals surface area contributed by atoms with Crippen molar-refractivity contribution in [2.75, 3.05) is 31.6 Å². The highest BCUT2D eigenvalue weighted by Crippen LogP contribution is 2.42. The molecule has 1 amide bonds. The molecule has 0 atom stereocenters. The van der Waals surface area contributed by atoms with Crippen molar-refractivity contribution < 1.29 is 14.3 Å². The van der Waals surface area contributed by atoms with E-state index in [1.807, 2.05) is 11.1 Å². The van der Waals surface area contributed by atoms with Gasteiger partial charge in [0.05, 0.1) is 5.69 Å². The summed E-state index contributed by atoms with van der Waals surface area (Å²) in [5.41, 5.74) is 8.43. The van der Waals surface area contributed by atoms with E-state index in [0.29, 0.717) is 25.6 Å². The first-order valence-electron chi connectivity index (χ1n) is 14.3. The van der Waals surface area contributed by atoms with Gasteiger partial charge in [0.15, 0.2) is 0 Å². The molecule has 3 aliphatic rings. The minimum absolute atomic E-state index is 0.00382. The van der Waals surface area contributed by atoms with E-state index in [1.165, 1.54) is 11.6 Å². The molecule has 0 bridgehead atoms. The zero-order valence-corrected chi connectivity index (χ0v) is 23.6. The maximum atomic E-state index is 12.0. The number of aromatic nitrogens is 3. The van der Waals surface area contributed by atoms with E-state index in [1.54, 1.807) is 0 Å². The molecule has 0 aliphatic carbocycles. The number of nitrogens with zero attached hydrogens (tertiary/aromatic N) is 4. The lowest BCUT2D eigenvalue weighted by Crippen LogP contribution is -2.37. The van der Waals surface area contributed by atoms with E-state index in [9.17, 15) is 4.79 Å². The van der Waals surface area contributed by atoms with E-state index in [0.717, 1.165) is 95.6 Å². The normalized spacial score (nSPS) is 17.7. The number of likely N-dealkylation sites (tertiary alicyclic amines) is 1. The molecule has 6 rings (SSSR count). The van der Waals surface area contributed by atoms with E-state index in [2.05, 4.69) is 50.9 Å². The molecule has 5 heterocycles. The number of aryl methyl sites for hydroxylation is 3. The molecule has 0 spiro atoms.